The van der Waals surface area contributed by atoms with Crippen molar-refractivity contribution in [2.24, 2.45) is 11.8 Å². The van der Waals surface area contributed by atoms with Crippen LogP contribution in [0.1, 0.15) is 87.0 Å². The fourth-order valence-corrected chi connectivity index (χ4v) is 8.92. The number of anilines is 1. The maximum Gasteiger partial charge on any atom is 0.410 e. The van der Waals surface area contributed by atoms with Crippen molar-refractivity contribution in [1.82, 2.24) is 24.8 Å². The summed E-state index contributed by atoms with van der Waals surface area (Å²) in [6, 6.07) is 6.05. The SMILES string of the molecule is CC[C@H]1OC(=O)[C@@](C)(F)C(=O)[C@H](C)[C@@H](O[C@@H]2O[C@H](C)CC(N(C)C)[C@H]2O)[C@](C)(OC)C[C@@H](C)C(=O)C[C@H]2N(CCCCn3cc(-c4cccc(N)c4)nn3)C(=O)O[C@]12C. The molecule has 3 N–H and O–H groups in total. The van der Waals surface area contributed by atoms with Gasteiger partial charge in [0.15, 0.2) is 17.7 Å². The van der Waals surface area contributed by atoms with Crippen LogP contribution in [0.3, 0.4) is 0 Å². The molecular formula is C42H63FN6O10. The molecule has 2 aromatic rings. The molecule has 1 aromatic heterocycles. The molecule has 3 fully saturated rings. The largest absolute Gasteiger partial charge is 0.455 e. The zero-order valence-electron chi connectivity index (χ0n) is 36.1. The Labute approximate surface area is 346 Å². The maximum atomic E-state index is 16.8. The lowest BCUT2D eigenvalue weighted by atomic mass is 9.75. The van der Waals surface area contributed by atoms with Crippen LogP contribution < -0.4 is 5.73 Å². The van der Waals surface area contributed by atoms with Crippen molar-refractivity contribution in [3.63, 3.8) is 0 Å². The van der Waals surface area contributed by atoms with E-state index in [2.05, 4.69) is 10.3 Å². The average molecular weight is 831 g/mol. The number of aromatic nitrogens is 3. The van der Waals surface area contributed by atoms with Gasteiger partial charge in [-0.15, -0.1) is 5.10 Å². The summed E-state index contributed by atoms with van der Waals surface area (Å²) in [7, 11) is 5.03. The molecule has 5 rings (SSSR count). The summed E-state index contributed by atoms with van der Waals surface area (Å²) in [5, 5.41) is 19.9. The van der Waals surface area contributed by atoms with Gasteiger partial charge in [-0.2, -0.15) is 0 Å². The molecule has 3 aliphatic heterocycles. The molecule has 0 spiro atoms. The van der Waals surface area contributed by atoms with Crippen molar-refractivity contribution < 1.29 is 52.4 Å². The summed E-state index contributed by atoms with van der Waals surface area (Å²) in [6.07, 6.45) is -2.68. The molecule has 0 radical (unpaired) electrons. The number of likely N-dealkylation sites (N-methyl/N-ethyl adjacent to an activating group) is 1. The van der Waals surface area contributed by atoms with Gasteiger partial charge in [-0.05, 0) is 86.0 Å². The van der Waals surface area contributed by atoms with Gasteiger partial charge in [0, 0.05) is 55.7 Å². The topological polar surface area (TPSA) is 198 Å². The first-order chi connectivity index (χ1) is 27.7. The van der Waals surface area contributed by atoms with E-state index in [1.807, 2.05) is 50.3 Å². The highest BCUT2D eigenvalue weighted by Crippen LogP contribution is 2.42. The molecule has 59 heavy (non-hydrogen) atoms. The number of rotatable bonds is 11. The summed E-state index contributed by atoms with van der Waals surface area (Å²) >= 11 is 0. The summed E-state index contributed by atoms with van der Waals surface area (Å²) < 4.78 is 48.9. The second-order valence-corrected chi connectivity index (χ2v) is 17.3. The zero-order chi connectivity index (χ0) is 43.6. The number of nitrogen functional groups attached to an aromatic ring is 1. The van der Waals surface area contributed by atoms with Crippen LogP contribution in [0, 0.1) is 11.8 Å². The van der Waals surface area contributed by atoms with Gasteiger partial charge < -0.3 is 44.3 Å². The van der Waals surface area contributed by atoms with Gasteiger partial charge >= 0.3 is 12.1 Å². The number of aliphatic hydroxyl groups excluding tert-OH is 1. The first-order valence-electron chi connectivity index (χ1n) is 20.6. The summed E-state index contributed by atoms with van der Waals surface area (Å²) in [6.45, 7) is 11.4. The second kappa shape index (κ2) is 18.3. The Morgan fingerprint density at radius 3 is 2.42 bits per heavy atom. The minimum absolute atomic E-state index is 0.00153. The Bertz CT molecular complexity index is 1830. The molecule has 1 amide bonds. The van der Waals surface area contributed by atoms with E-state index in [1.165, 1.54) is 18.9 Å². The Balaban J connectivity index is 1.42. The molecule has 3 saturated heterocycles. The highest BCUT2D eigenvalue weighted by Gasteiger charge is 2.60. The number of benzene rings is 1. The quantitative estimate of drug-likeness (QED) is 0.140. The van der Waals surface area contributed by atoms with Crippen molar-refractivity contribution in [1.29, 1.82) is 0 Å². The van der Waals surface area contributed by atoms with E-state index in [0.717, 1.165) is 12.5 Å². The maximum absolute atomic E-state index is 16.8. The fraction of sp³-hybridized carbons (Fsp3) is 0.714. The number of halogens is 1. The molecule has 17 heteroatoms. The molecular weight excluding hydrogens is 767 g/mol. The first-order valence-corrected chi connectivity index (χ1v) is 20.6. The number of carbonyl (C=O) groups is 4. The van der Waals surface area contributed by atoms with Crippen molar-refractivity contribution in [3.8, 4) is 11.3 Å². The summed E-state index contributed by atoms with van der Waals surface area (Å²) in [5.74, 6) is -4.95. The number of unbranched alkanes of at least 4 members (excludes halogenated alkanes) is 1. The number of ether oxygens (including phenoxy) is 5. The lowest BCUT2D eigenvalue weighted by Gasteiger charge is -2.47. The molecule has 4 heterocycles. The molecule has 3 aliphatic rings. The monoisotopic (exact) mass is 830 g/mol. The minimum atomic E-state index is -3.18. The van der Waals surface area contributed by atoms with Crippen molar-refractivity contribution in [2.45, 2.75) is 153 Å². The average Bonchev–Trinajstić information content (AvgIpc) is 3.75. The number of nitrogens with zero attached hydrogens (tertiary/aromatic N) is 5. The highest BCUT2D eigenvalue weighted by atomic mass is 19.1. The van der Waals surface area contributed by atoms with Gasteiger partial charge in [-0.3, -0.25) is 14.3 Å². The third-order valence-electron chi connectivity index (χ3n) is 12.6. The van der Waals surface area contributed by atoms with E-state index in [1.54, 1.807) is 38.4 Å². The first kappa shape index (κ1) is 46.0. The number of esters is 1. The van der Waals surface area contributed by atoms with Gasteiger partial charge in [0.05, 0.1) is 30.0 Å². The van der Waals surface area contributed by atoms with Crippen LogP contribution in [0.25, 0.3) is 11.3 Å². The van der Waals surface area contributed by atoms with Crippen LogP contribution in [-0.2, 0) is 44.6 Å². The summed E-state index contributed by atoms with van der Waals surface area (Å²) in [5.41, 5.74) is 1.84. The Morgan fingerprint density at radius 2 is 1.78 bits per heavy atom. The van der Waals surface area contributed by atoms with Gasteiger partial charge in [-0.25, -0.2) is 14.0 Å². The van der Waals surface area contributed by atoms with Crippen molar-refractivity contribution in [2.75, 3.05) is 33.5 Å². The van der Waals surface area contributed by atoms with Crippen molar-refractivity contribution in [3.05, 3.63) is 30.5 Å². The molecule has 328 valence electrons. The standard InChI is InChI=1S/C42H63FN6O10/c1-11-33-42(7)32(49(39(54)59-42)18-13-12-17-48-23-29(45-46-48)27-15-14-16-28(44)20-27)21-31(50)24(2)22-40(5,55-10)36(26(4)35(52)41(6,43)38(53)57-33)58-37-34(51)30(47(8)9)19-25(3)56-37/h14-16,20,23-26,30,32-34,36-37,51H,11-13,17-19,21-22,44H2,1-10H3/t24-,25-,26+,30?,32-,33-,34-,36-,37+,40-,41+,42+/m1/s1. The van der Waals surface area contributed by atoms with Crippen LogP contribution >= 0.6 is 0 Å². The second-order valence-electron chi connectivity index (χ2n) is 17.3. The van der Waals surface area contributed by atoms with Crippen LogP contribution in [-0.4, -0.2) is 141 Å². The van der Waals surface area contributed by atoms with E-state index < -0.39 is 77.2 Å². The number of hydrogen-bond donors (Lipinski definition) is 2. The van der Waals surface area contributed by atoms with Crippen molar-refractivity contribution >= 4 is 29.3 Å². The van der Waals surface area contributed by atoms with Gasteiger partial charge in [0.2, 0.25) is 0 Å². The number of fused-ring (bicyclic) bond motifs is 1. The zero-order valence-corrected chi connectivity index (χ0v) is 36.1. The number of cyclic esters (lactones) is 1. The smallest absolute Gasteiger partial charge is 0.410 e. The highest BCUT2D eigenvalue weighted by molar-refractivity contribution is 6.08. The van der Waals surface area contributed by atoms with Crippen LogP contribution in [0.2, 0.25) is 0 Å². The Hall–Kier alpha value is -4.03. The van der Waals surface area contributed by atoms with Gasteiger partial charge in [0.1, 0.15) is 23.7 Å². The molecule has 0 aliphatic carbocycles. The number of methoxy groups -OCH3 is 1. The van der Waals surface area contributed by atoms with Gasteiger partial charge in [0.25, 0.3) is 5.67 Å². The van der Waals surface area contributed by atoms with E-state index in [0.29, 0.717) is 37.2 Å². The summed E-state index contributed by atoms with van der Waals surface area (Å²) in [4.78, 5) is 59.4. The third kappa shape index (κ3) is 9.64. The minimum Gasteiger partial charge on any atom is -0.455 e. The number of alkyl halides is 1. The van der Waals surface area contributed by atoms with E-state index >= 15 is 4.39 Å². The number of aryl methyl sites for hydroxylation is 1. The number of ketones is 2. The third-order valence-corrected chi connectivity index (χ3v) is 12.6. The predicted molar refractivity (Wildman–Crippen MR) is 214 cm³/mol. The Morgan fingerprint density at radius 1 is 1.08 bits per heavy atom. The normalized spacial score (nSPS) is 36.3. The van der Waals surface area contributed by atoms with Crippen LogP contribution in [0.4, 0.5) is 14.9 Å². The number of hydrogen-bond acceptors (Lipinski definition) is 14. The van der Waals surface area contributed by atoms with E-state index in [-0.39, 0.29) is 43.7 Å². The number of Topliss-reactive ketones (excluding diaryl/α,β-unsaturated/α-hetero) is 2. The van der Waals surface area contributed by atoms with Crippen LogP contribution in [0.5, 0.6) is 0 Å². The molecule has 0 saturated carbocycles. The van der Waals surface area contributed by atoms with Crippen LogP contribution in [0.15, 0.2) is 30.5 Å². The number of aliphatic hydroxyl groups is 1. The lowest BCUT2D eigenvalue weighted by Crippen LogP contribution is -2.61. The number of amides is 1. The Kier molecular flexibility index (Phi) is 14.3. The predicted octanol–water partition coefficient (Wildman–Crippen LogP) is 4.36. The van der Waals surface area contributed by atoms with E-state index in [9.17, 15) is 24.3 Å². The molecule has 1 unspecified atom stereocenters. The fourth-order valence-electron chi connectivity index (χ4n) is 8.92. The number of nitrogens with two attached hydrogens (primary N) is 1. The van der Waals surface area contributed by atoms with Gasteiger partial charge in [-0.1, -0.05) is 38.1 Å². The lowest BCUT2D eigenvalue weighted by molar-refractivity contribution is -0.295. The molecule has 16 nitrogen and oxygen atoms in total. The molecule has 0 bridgehead atoms. The van der Waals surface area contributed by atoms with E-state index in [4.69, 9.17) is 29.4 Å². The number of carbonyl (C=O) groups excluding carboxylic acids is 4. The molecule has 1 aromatic carbocycles. The molecule has 12 atom stereocenters.